The van der Waals surface area contributed by atoms with Gasteiger partial charge in [-0.25, -0.2) is 0 Å². The van der Waals surface area contributed by atoms with Crippen LogP contribution >= 0.6 is 0 Å². The van der Waals surface area contributed by atoms with Crippen LogP contribution < -0.4 is 5.32 Å². The van der Waals surface area contributed by atoms with Crippen molar-refractivity contribution in [2.75, 3.05) is 6.54 Å². The standard InChI is InChI=1S/C14H24N2O2/c1-3-10(2)15-14(18)6-7-16-11-4-5-12(16)9-13(17)8-11/h10-12H,3-9H2,1-2H3,(H,15,18). The lowest BCUT2D eigenvalue weighted by Gasteiger charge is -2.33. The molecule has 0 aliphatic carbocycles. The number of hydrogen-bond donors (Lipinski definition) is 1. The Kier molecular flexibility index (Phi) is 4.38. The van der Waals surface area contributed by atoms with Crippen molar-refractivity contribution in [2.24, 2.45) is 0 Å². The number of fused-ring (bicyclic) bond motifs is 2. The number of piperidine rings is 1. The van der Waals surface area contributed by atoms with Crippen molar-refractivity contribution in [3.05, 3.63) is 0 Å². The van der Waals surface area contributed by atoms with Gasteiger partial charge in [-0.15, -0.1) is 0 Å². The number of rotatable bonds is 5. The smallest absolute Gasteiger partial charge is 0.221 e. The zero-order valence-corrected chi connectivity index (χ0v) is 11.4. The minimum absolute atomic E-state index is 0.139. The zero-order chi connectivity index (χ0) is 13.1. The van der Waals surface area contributed by atoms with Crippen LogP contribution in [0.25, 0.3) is 0 Å². The van der Waals surface area contributed by atoms with E-state index in [0.717, 1.165) is 25.8 Å². The molecule has 0 aromatic rings. The first kappa shape index (κ1) is 13.5. The molecule has 2 saturated heterocycles. The molecule has 3 atom stereocenters. The van der Waals surface area contributed by atoms with Crippen molar-refractivity contribution in [3.63, 3.8) is 0 Å². The first-order valence-electron chi connectivity index (χ1n) is 7.17. The summed E-state index contributed by atoms with van der Waals surface area (Å²) >= 11 is 0. The molecule has 3 unspecified atom stereocenters. The second-order valence-corrected chi connectivity index (χ2v) is 5.70. The van der Waals surface area contributed by atoms with Crippen molar-refractivity contribution in [3.8, 4) is 0 Å². The maximum absolute atomic E-state index is 11.7. The lowest BCUT2D eigenvalue weighted by atomic mass is 10.0. The van der Waals surface area contributed by atoms with Crippen LogP contribution in [0.3, 0.4) is 0 Å². The summed E-state index contributed by atoms with van der Waals surface area (Å²) in [5, 5.41) is 3.00. The number of ketones is 1. The largest absolute Gasteiger partial charge is 0.354 e. The first-order valence-corrected chi connectivity index (χ1v) is 7.17. The zero-order valence-electron chi connectivity index (χ0n) is 11.4. The highest BCUT2D eigenvalue weighted by Crippen LogP contribution is 2.33. The van der Waals surface area contributed by atoms with Crippen molar-refractivity contribution in [1.29, 1.82) is 0 Å². The van der Waals surface area contributed by atoms with Crippen LogP contribution in [0.2, 0.25) is 0 Å². The van der Waals surface area contributed by atoms with E-state index in [9.17, 15) is 9.59 Å². The van der Waals surface area contributed by atoms with Gasteiger partial charge in [0.15, 0.2) is 0 Å². The molecule has 0 aromatic heterocycles. The summed E-state index contributed by atoms with van der Waals surface area (Å²) in [6, 6.07) is 1.08. The summed E-state index contributed by atoms with van der Waals surface area (Å²) in [6.07, 6.45) is 5.18. The van der Waals surface area contributed by atoms with Gasteiger partial charge in [0, 0.05) is 43.9 Å². The third kappa shape index (κ3) is 3.10. The summed E-state index contributed by atoms with van der Waals surface area (Å²) in [6.45, 7) is 4.91. The van der Waals surface area contributed by atoms with E-state index >= 15 is 0 Å². The third-order valence-corrected chi connectivity index (χ3v) is 4.31. The molecule has 0 spiro atoms. The Labute approximate surface area is 109 Å². The summed E-state index contributed by atoms with van der Waals surface area (Å²) in [4.78, 5) is 25.6. The highest BCUT2D eigenvalue weighted by molar-refractivity contribution is 5.81. The van der Waals surface area contributed by atoms with Crippen LogP contribution in [0.15, 0.2) is 0 Å². The molecule has 0 saturated carbocycles. The predicted molar refractivity (Wildman–Crippen MR) is 70.3 cm³/mol. The Balaban J connectivity index is 1.77. The second kappa shape index (κ2) is 5.83. The quantitative estimate of drug-likeness (QED) is 0.806. The molecule has 4 nitrogen and oxygen atoms in total. The molecule has 102 valence electrons. The fourth-order valence-corrected chi connectivity index (χ4v) is 3.11. The second-order valence-electron chi connectivity index (χ2n) is 5.70. The number of amides is 1. The normalized spacial score (nSPS) is 29.3. The Morgan fingerprint density at radius 3 is 2.56 bits per heavy atom. The van der Waals surface area contributed by atoms with E-state index in [1.165, 1.54) is 0 Å². The predicted octanol–water partition coefficient (Wildman–Crippen LogP) is 1.49. The van der Waals surface area contributed by atoms with Crippen molar-refractivity contribution in [2.45, 2.75) is 70.5 Å². The van der Waals surface area contributed by atoms with Gasteiger partial charge in [0.1, 0.15) is 5.78 Å². The van der Waals surface area contributed by atoms with Crippen LogP contribution in [0, 0.1) is 0 Å². The number of nitrogens with zero attached hydrogens (tertiary/aromatic N) is 1. The molecule has 4 heteroatoms. The van der Waals surface area contributed by atoms with Gasteiger partial charge in [-0.05, 0) is 26.2 Å². The molecule has 1 amide bonds. The Bertz CT molecular complexity index is 314. The van der Waals surface area contributed by atoms with Crippen LogP contribution in [0.4, 0.5) is 0 Å². The van der Waals surface area contributed by atoms with Crippen molar-refractivity contribution >= 4 is 11.7 Å². The minimum Gasteiger partial charge on any atom is -0.354 e. The van der Waals surface area contributed by atoms with Crippen LogP contribution in [0.5, 0.6) is 0 Å². The molecule has 2 aliphatic heterocycles. The molecule has 1 N–H and O–H groups in total. The van der Waals surface area contributed by atoms with Gasteiger partial charge in [0.2, 0.25) is 5.91 Å². The molecule has 18 heavy (non-hydrogen) atoms. The molecule has 0 aromatic carbocycles. The SMILES string of the molecule is CCC(C)NC(=O)CCN1C2CCC1CC(=O)C2. The number of carbonyl (C=O) groups excluding carboxylic acids is 2. The van der Waals surface area contributed by atoms with E-state index < -0.39 is 0 Å². The molecule has 2 aliphatic rings. The Morgan fingerprint density at radius 1 is 1.39 bits per heavy atom. The summed E-state index contributed by atoms with van der Waals surface area (Å²) < 4.78 is 0. The van der Waals surface area contributed by atoms with Crippen molar-refractivity contribution < 1.29 is 9.59 Å². The molecular weight excluding hydrogens is 228 g/mol. The Hall–Kier alpha value is -0.900. The number of hydrogen-bond acceptors (Lipinski definition) is 3. The summed E-state index contributed by atoms with van der Waals surface area (Å²) in [7, 11) is 0. The third-order valence-electron chi connectivity index (χ3n) is 4.31. The fraction of sp³-hybridized carbons (Fsp3) is 0.857. The topological polar surface area (TPSA) is 49.4 Å². The number of Topliss-reactive ketones (excluding diaryl/α,β-unsaturated/α-hetero) is 1. The minimum atomic E-state index is 0.139. The lowest BCUT2D eigenvalue weighted by Crippen LogP contribution is -2.45. The maximum atomic E-state index is 11.7. The summed E-state index contributed by atoms with van der Waals surface area (Å²) in [5.74, 6) is 0.545. The van der Waals surface area contributed by atoms with Gasteiger partial charge in [0.25, 0.3) is 0 Å². The molecular formula is C14H24N2O2. The van der Waals surface area contributed by atoms with E-state index in [1.807, 2.05) is 6.92 Å². The van der Waals surface area contributed by atoms with E-state index in [0.29, 0.717) is 37.1 Å². The molecule has 2 bridgehead atoms. The number of carbonyl (C=O) groups is 2. The summed E-state index contributed by atoms with van der Waals surface area (Å²) in [5.41, 5.74) is 0. The molecule has 2 fully saturated rings. The average molecular weight is 252 g/mol. The van der Waals surface area contributed by atoms with E-state index in [2.05, 4.69) is 17.1 Å². The van der Waals surface area contributed by atoms with Gasteiger partial charge in [-0.3, -0.25) is 14.5 Å². The lowest BCUT2D eigenvalue weighted by molar-refractivity contribution is -0.124. The van der Waals surface area contributed by atoms with Gasteiger partial charge >= 0.3 is 0 Å². The van der Waals surface area contributed by atoms with E-state index in [-0.39, 0.29) is 11.9 Å². The van der Waals surface area contributed by atoms with E-state index in [4.69, 9.17) is 0 Å². The highest BCUT2D eigenvalue weighted by atomic mass is 16.1. The van der Waals surface area contributed by atoms with Gasteiger partial charge < -0.3 is 5.32 Å². The van der Waals surface area contributed by atoms with Crippen LogP contribution in [-0.2, 0) is 9.59 Å². The van der Waals surface area contributed by atoms with Crippen LogP contribution in [-0.4, -0.2) is 41.3 Å². The highest BCUT2D eigenvalue weighted by Gasteiger charge is 2.39. The van der Waals surface area contributed by atoms with Gasteiger partial charge in [-0.2, -0.15) is 0 Å². The number of nitrogens with one attached hydrogen (secondary N) is 1. The molecule has 2 rings (SSSR count). The molecule has 2 heterocycles. The fourth-order valence-electron chi connectivity index (χ4n) is 3.11. The van der Waals surface area contributed by atoms with Gasteiger partial charge in [-0.1, -0.05) is 6.92 Å². The maximum Gasteiger partial charge on any atom is 0.221 e. The first-order chi connectivity index (χ1) is 8.60. The average Bonchev–Trinajstić information content (AvgIpc) is 2.57. The van der Waals surface area contributed by atoms with Gasteiger partial charge in [0.05, 0.1) is 0 Å². The van der Waals surface area contributed by atoms with E-state index in [1.54, 1.807) is 0 Å². The molecule has 0 radical (unpaired) electrons. The monoisotopic (exact) mass is 252 g/mol. The van der Waals surface area contributed by atoms with Crippen molar-refractivity contribution in [1.82, 2.24) is 10.2 Å². The Morgan fingerprint density at radius 2 is 2.00 bits per heavy atom. The van der Waals surface area contributed by atoms with Crippen LogP contribution in [0.1, 0.15) is 52.4 Å².